The third-order valence-corrected chi connectivity index (χ3v) is 4.16. The molecule has 9 heteroatoms. The van der Waals surface area contributed by atoms with E-state index in [1.54, 1.807) is 18.2 Å². The van der Waals surface area contributed by atoms with Crippen LogP contribution in [0.3, 0.4) is 0 Å². The van der Waals surface area contributed by atoms with Crippen molar-refractivity contribution >= 4 is 44.8 Å². The smallest absolute Gasteiger partial charge is 0.313 e. The van der Waals surface area contributed by atoms with Gasteiger partial charge in [0.15, 0.2) is 5.82 Å². The Kier molecular flexibility index (Phi) is 7.26. The summed E-state index contributed by atoms with van der Waals surface area (Å²) in [6.45, 7) is 4.04. The number of halogens is 4. The second-order valence-corrected chi connectivity index (χ2v) is 6.61. The number of aromatic hydroxyl groups is 2. The summed E-state index contributed by atoms with van der Waals surface area (Å²) in [6, 6.07) is 5.85. The van der Waals surface area contributed by atoms with E-state index in [2.05, 4.69) is 15.9 Å². The summed E-state index contributed by atoms with van der Waals surface area (Å²) in [5, 5.41) is 29.0. The van der Waals surface area contributed by atoms with Gasteiger partial charge in [-0.15, -0.1) is 0 Å². The number of phenolic OH excluding ortho intramolecular Hbond substituents is 2. The minimum Gasteiger partial charge on any atom is -0.508 e. The van der Waals surface area contributed by atoms with Crippen LogP contribution in [0.5, 0.6) is 11.5 Å². The van der Waals surface area contributed by atoms with Crippen molar-refractivity contribution in [3.63, 3.8) is 0 Å². The van der Waals surface area contributed by atoms with E-state index < -0.39 is 31.7 Å². The summed E-state index contributed by atoms with van der Waals surface area (Å²) < 4.78 is 12.5. The van der Waals surface area contributed by atoms with Crippen LogP contribution in [0.1, 0.15) is 25.3 Å². The Balaban J connectivity index is 0.000000243. The molecule has 0 bridgehead atoms. The van der Waals surface area contributed by atoms with Gasteiger partial charge in [-0.25, -0.2) is 4.39 Å². The number of nitro benzene ring substituents is 1. The van der Waals surface area contributed by atoms with Crippen LogP contribution < -0.4 is 0 Å². The van der Waals surface area contributed by atoms with Crippen LogP contribution >= 0.6 is 39.1 Å². The van der Waals surface area contributed by atoms with Crippen LogP contribution in [0.15, 0.2) is 28.7 Å². The Morgan fingerprint density at radius 2 is 1.83 bits per heavy atom. The second-order valence-electron chi connectivity index (χ2n) is 4.97. The fourth-order valence-corrected chi connectivity index (χ4v) is 2.61. The minimum absolute atomic E-state index is 0.314. The average Bonchev–Trinajstić information content (AvgIpc) is 2.51. The third-order valence-electron chi connectivity index (χ3n) is 2.92. The molecule has 2 N–H and O–H groups in total. The number of benzene rings is 2. The van der Waals surface area contributed by atoms with Crippen molar-refractivity contribution in [2.24, 2.45) is 0 Å². The maximum atomic E-state index is 12.9. The van der Waals surface area contributed by atoms with Crippen LogP contribution in [0.25, 0.3) is 0 Å². The van der Waals surface area contributed by atoms with Crippen molar-refractivity contribution in [2.75, 3.05) is 0 Å². The topological polar surface area (TPSA) is 83.6 Å². The van der Waals surface area contributed by atoms with Gasteiger partial charge in [0.05, 0.1) is 9.95 Å². The average molecular weight is 441 g/mol. The van der Waals surface area contributed by atoms with Crippen molar-refractivity contribution in [1.29, 1.82) is 0 Å². The number of phenols is 2. The number of nitrogens with zero attached hydrogens (tertiary/aromatic N) is 1. The van der Waals surface area contributed by atoms with Crippen molar-refractivity contribution in [2.45, 2.75) is 19.8 Å². The molecule has 0 aliphatic carbocycles. The summed E-state index contributed by atoms with van der Waals surface area (Å²) in [5.41, 5.74) is 0.260. The molecule has 0 aliphatic heterocycles. The Morgan fingerprint density at radius 3 is 2.29 bits per heavy atom. The molecule has 2 rings (SSSR count). The molecule has 0 unspecified atom stereocenters. The summed E-state index contributed by atoms with van der Waals surface area (Å²) in [4.78, 5) is 9.43. The van der Waals surface area contributed by atoms with Crippen LogP contribution in [0.2, 0.25) is 10.0 Å². The van der Waals surface area contributed by atoms with Crippen molar-refractivity contribution in [3.8, 4) is 11.5 Å². The Hall–Kier alpha value is -1.57. The number of hydrogen-bond acceptors (Lipinski definition) is 4. The molecular formula is C15H13BrCl2FNO4. The molecule has 0 fully saturated rings. The highest BCUT2D eigenvalue weighted by atomic mass is 79.9. The van der Waals surface area contributed by atoms with Gasteiger partial charge in [-0.3, -0.25) is 10.1 Å². The van der Waals surface area contributed by atoms with E-state index in [1.807, 2.05) is 13.8 Å². The third kappa shape index (κ3) is 4.96. The molecular weight excluding hydrogens is 428 g/mol. The van der Waals surface area contributed by atoms with Gasteiger partial charge in [-0.05, 0) is 45.6 Å². The van der Waals surface area contributed by atoms with Gasteiger partial charge >= 0.3 is 5.69 Å². The maximum absolute atomic E-state index is 12.9. The fourth-order valence-electron chi connectivity index (χ4n) is 1.70. The predicted octanol–water partition coefficient (Wildman–Crippen LogP) is 6.02. The zero-order valence-electron chi connectivity index (χ0n) is 12.6. The maximum Gasteiger partial charge on any atom is 0.313 e. The highest BCUT2D eigenvalue weighted by molar-refractivity contribution is 9.10. The highest BCUT2D eigenvalue weighted by Gasteiger charge is 2.22. The first kappa shape index (κ1) is 20.5. The molecule has 2 aromatic rings. The first-order chi connectivity index (χ1) is 11.1. The first-order valence-electron chi connectivity index (χ1n) is 6.55. The molecule has 0 radical (unpaired) electrons. The van der Waals surface area contributed by atoms with Gasteiger partial charge in [0.25, 0.3) is 0 Å². The van der Waals surface area contributed by atoms with E-state index in [1.165, 1.54) is 0 Å². The molecule has 0 heterocycles. The molecule has 130 valence electrons. The van der Waals surface area contributed by atoms with Gasteiger partial charge < -0.3 is 10.2 Å². The monoisotopic (exact) mass is 439 g/mol. The van der Waals surface area contributed by atoms with E-state index >= 15 is 0 Å². The second kappa shape index (κ2) is 8.50. The normalized spacial score (nSPS) is 10.3. The lowest BCUT2D eigenvalue weighted by Crippen LogP contribution is -1.91. The molecule has 5 nitrogen and oxygen atoms in total. The number of nitro groups is 1. The van der Waals surface area contributed by atoms with Crippen molar-refractivity contribution in [3.05, 3.63) is 60.3 Å². The molecule has 0 amide bonds. The zero-order valence-corrected chi connectivity index (χ0v) is 15.7. The van der Waals surface area contributed by atoms with E-state index in [0.717, 1.165) is 11.6 Å². The van der Waals surface area contributed by atoms with E-state index in [4.69, 9.17) is 28.3 Å². The lowest BCUT2D eigenvalue weighted by atomic mass is 10.0. The van der Waals surface area contributed by atoms with E-state index in [-0.39, 0.29) is 0 Å². The Bertz CT molecular complexity index is 772. The van der Waals surface area contributed by atoms with E-state index in [9.17, 15) is 19.6 Å². The van der Waals surface area contributed by atoms with Crippen LogP contribution in [0.4, 0.5) is 10.1 Å². The molecule has 0 saturated heterocycles. The van der Waals surface area contributed by atoms with E-state index in [0.29, 0.717) is 16.7 Å². The minimum atomic E-state index is -0.926. The predicted molar refractivity (Wildman–Crippen MR) is 94.6 cm³/mol. The molecule has 0 spiro atoms. The summed E-state index contributed by atoms with van der Waals surface area (Å²) in [7, 11) is 0. The van der Waals surface area contributed by atoms with Gasteiger partial charge in [-0.2, -0.15) is 0 Å². The zero-order chi connectivity index (χ0) is 18.6. The van der Waals surface area contributed by atoms with Gasteiger partial charge in [0, 0.05) is 11.1 Å². The summed E-state index contributed by atoms with van der Waals surface area (Å²) in [6.07, 6.45) is 0. The summed E-state index contributed by atoms with van der Waals surface area (Å²) >= 11 is 13.7. The quantitative estimate of drug-likeness (QED) is 0.339. The first-order valence-corrected chi connectivity index (χ1v) is 8.10. The van der Waals surface area contributed by atoms with Crippen molar-refractivity contribution in [1.82, 2.24) is 0 Å². The van der Waals surface area contributed by atoms with Gasteiger partial charge in [0.1, 0.15) is 10.2 Å². The Labute approximate surface area is 155 Å². The lowest BCUT2D eigenvalue weighted by Gasteiger charge is -2.07. The molecule has 0 saturated carbocycles. The van der Waals surface area contributed by atoms with Gasteiger partial charge in [0.2, 0.25) is 5.75 Å². The standard InChI is InChI=1S/C9H11ClO.C6H2BrClFNO3/c1-6(2)8-5-7(10)3-4-9(8)11;7-4-5(9)2(8)1-3(6(4)11)10(12)13/h3-6,11H,1-2H3;1,11H. The van der Waals surface area contributed by atoms with Crippen molar-refractivity contribution < 1.29 is 19.5 Å². The summed E-state index contributed by atoms with van der Waals surface area (Å²) in [5.74, 6) is -1.06. The molecule has 0 aliphatic rings. The molecule has 0 aromatic heterocycles. The fraction of sp³-hybridized carbons (Fsp3) is 0.200. The molecule has 24 heavy (non-hydrogen) atoms. The van der Waals surface area contributed by atoms with Crippen LogP contribution in [-0.2, 0) is 0 Å². The largest absolute Gasteiger partial charge is 0.508 e. The number of hydrogen-bond donors (Lipinski definition) is 2. The molecule has 2 aromatic carbocycles. The Morgan fingerprint density at radius 1 is 1.25 bits per heavy atom. The highest BCUT2D eigenvalue weighted by Crippen LogP contribution is 2.39. The molecule has 0 atom stereocenters. The number of rotatable bonds is 2. The van der Waals surface area contributed by atoms with Crippen LogP contribution in [-0.4, -0.2) is 15.1 Å². The SMILES string of the molecule is CC(C)c1cc(Cl)ccc1O.O=[N+]([O-])c1cc(Cl)c(F)c(Br)c1O. The van der Waals surface area contributed by atoms with Gasteiger partial charge in [-0.1, -0.05) is 37.0 Å². The van der Waals surface area contributed by atoms with Crippen LogP contribution in [0, 0.1) is 15.9 Å². The lowest BCUT2D eigenvalue weighted by molar-refractivity contribution is -0.386.